The van der Waals surface area contributed by atoms with Gasteiger partial charge < -0.3 is 16.0 Å². The molecule has 0 bridgehead atoms. The first-order chi connectivity index (χ1) is 12.9. The number of halogens is 2. The summed E-state index contributed by atoms with van der Waals surface area (Å²) in [5, 5.41) is 9.34. The molecule has 0 fully saturated rings. The normalized spacial score (nSPS) is 10.3. The van der Waals surface area contributed by atoms with Crippen LogP contribution >= 0.6 is 35.2 Å². The van der Waals surface area contributed by atoms with Crippen LogP contribution in [0.3, 0.4) is 0 Å². The van der Waals surface area contributed by atoms with E-state index in [2.05, 4.69) is 20.9 Å². The van der Waals surface area contributed by atoms with Crippen LogP contribution in [0.25, 0.3) is 0 Å². The van der Waals surface area contributed by atoms with Gasteiger partial charge in [0.05, 0.1) is 10.7 Å². The quantitative estimate of drug-likeness (QED) is 0.499. The maximum absolute atomic E-state index is 13.2. The predicted octanol–water partition coefficient (Wildman–Crippen LogP) is 5.31. The molecule has 1 heterocycles. The first-order valence-electron chi connectivity index (χ1n) is 7.79. The second-order valence-corrected chi connectivity index (χ2v) is 7.28. The van der Waals surface area contributed by atoms with Gasteiger partial charge in [-0.05, 0) is 49.5 Å². The minimum atomic E-state index is -0.509. The molecule has 0 unspecified atom stereocenters. The zero-order valence-corrected chi connectivity index (χ0v) is 16.4. The lowest BCUT2D eigenvalue weighted by Crippen LogP contribution is -2.18. The van der Waals surface area contributed by atoms with Crippen LogP contribution in [0, 0.1) is 12.7 Å². The molecule has 0 aliphatic carbocycles. The third-order valence-corrected chi connectivity index (χ3v) is 5.00. The molecule has 27 heavy (non-hydrogen) atoms. The number of benzene rings is 2. The highest BCUT2D eigenvalue weighted by Gasteiger charge is 2.16. The summed E-state index contributed by atoms with van der Waals surface area (Å²) in [6, 6.07) is 13.4. The van der Waals surface area contributed by atoms with Gasteiger partial charge in [-0.1, -0.05) is 41.1 Å². The van der Waals surface area contributed by atoms with E-state index >= 15 is 0 Å². The van der Waals surface area contributed by atoms with E-state index < -0.39 is 5.82 Å². The van der Waals surface area contributed by atoms with Gasteiger partial charge in [0.25, 0.3) is 5.91 Å². The van der Waals surface area contributed by atoms with Crippen molar-refractivity contribution in [3.8, 4) is 0 Å². The van der Waals surface area contributed by atoms with Crippen LogP contribution in [0.15, 0.2) is 48.5 Å². The van der Waals surface area contributed by atoms with Gasteiger partial charge in [0.2, 0.25) is 0 Å². The largest absolute Gasteiger partial charge is 0.332 e. The molecule has 3 aromatic rings. The van der Waals surface area contributed by atoms with Crippen molar-refractivity contribution < 1.29 is 9.18 Å². The molecule has 2 aromatic carbocycles. The molecule has 5 nitrogen and oxygen atoms in total. The first kappa shape index (κ1) is 19.2. The highest BCUT2D eigenvalue weighted by Crippen LogP contribution is 2.24. The molecular formula is C18H14ClFN4OS2. The number of amides is 1. The molecule has 0 atom stereocenters. The van der Waals surface area contributed by atoms with Crippen LogP contribution in [-0.2, 0) is 0 Å². The van der Waals surface area contributed by atoms with E-state index in [-0.39, 0.29) is 16.0 Å². The Morgan fingerprint density at radius 3 is 2.56 bits per heavy atom. The van der Waals surface area contributed by atoms with Crippen LogP contribution in [0.4, 0.5) is 20.9 Å². The smallest absolute Gasteiger partial charge is 0.267 e. The van der Waals surface area contributed by atoms with E-state index in [0.29, 0.717) is 27.1 Å². The van der Waals surface area contributed by atoms with E-state index in [9.17, 15) is 9.18 Å². The minimum Gasteiger partial charge on any atom is -0.332 e. The summed E-state index contributed by atoms with van der Waals surface area (Å²) < 4.78 is 13.2. The van der Waals surface area contributed by atoms with Gasteiger partial charge >= 0.3 is 0 Å². The topological polar surface area (TPSA) is 66.0 Å². The number of carbonyl (C=O) groups is 1. The van der Waals surface area contributed by atoms with Gasteiger partial charge in [0, 0.05) is 11.4 Å². The number of aromatic nitrogens is 1. The van der Waals surface area contributed by atoms with Gasteiger partial charge in [-0.25, -0.2) is 9.37 Å². The molecular weight excluding hydrogens is 407 g/mol. The zero-order chi connectivity index (χ0) is 19.4. The first-order valence-corrected chi connectivity index (χ1v) is 9.39. The molecule has 1 aromatic heterocycles. The lowest BCUT2D eigenvalue weighted by atomic mass is 10.3. The summed E-state index contributed by atoms with van der Waals surface area (Å²) in [6.07, 6.45) is 0. The Balaban J connectivity index is 1.65. The number of anilines is 3. The summed E-state index contributed by atoms with van der Waals surface area (Å²) in [6.45, 7) is 1.75. The van der Waals surface area contributed by atoms with Crippen molar-refractivity contribution in [1.82, 2.24) is 4.98 Å². The molecule has 138 valence electrons. The second kappa shape index (κ2) is 8.43. The fraction of sp³-hybridized carbons (Fsp3) is 0.0556. The Morgan fingerprint density at radius 2 is 1.85 bits per heavy atom. The van der Waals surface area contributed by atoms with E-state index in [1.54, 1.807) is 19.1 Å². The molecule has 0 aliphatic heterocycles. The molecule has 0 radical (unpaired) electrons. The minimum absolute atomic E-state index is 0.00670. The molecule has 0 aliphatic rings. The number of aryl methyl sites for hydroxylation is 1. The standard InChI is InChI=1S/C18H14ClFN4OS2/c1-10-15(16(25)22-11-5-3-2-4-6-11)27-18(21-10)24-17(26)23-12-7-8-14(20)13(19)9-12/h2-9H,1H3,(H,22,25)(H2,21,23,24,26). The lowest BCUT2D eigenvalue weighted by Gasteiger charge is -2.08. The average Bonchev–Trinajstić information content (AvgIpc) is 2.99. The van der Waals surface area contributed by atoms with Crippen molar-refractivity contribution in [1.29, 1.82) is 0 Å². The highest BCUT2D eigenvalue weighted by molar-refractivity contribution is 7.80. The summed E-state index contributed by atoms with van der Waals surface area (Å²) in [5.41, 5.74) is 1.83. The predicted molar refractivity (Wildman–Crippen MR) is 112 cm³/mol. The summed E-state index contributed by atoms with van der Waals surface area (Å²) >= 11 is 12.2. The van der Waals surface area contributed by atoms with E-state index in [4.69, 9.17) is 23.8 Å². The number of carbonyl (C=O) groups excluding carboxylic acids is 1. The van der Waals surface area contributed by atoms with Crippen molar-refractivity contribution in [2.75, 3.05) is 16.0 Å². The Hall–Kier alpha value is -2.55. The average molecular weight is 421 g/mol. The highest BCUT2D eigenvalue weighted by atomic mass is 35.5. The Labute approximate surface area is 169 Å². The molecule has 9 heteroatoms. The molecule has 3 N–H and O–H groups in total. The number of rotatable bonds is 4. The Kier molecular flexibility index (Phi) is 6.00. The maximum Gasteiger partial charge on any atom is 0.267 e. The number of hydrogen-bond acceptors (Lipinski definition) is 4. The molecule has 0 saturated carbocycles. The molecule has 0 spiro atoms. The van der Waals surface area contributed by atoms with Crippen LogP contribution in [-0.4, -0.2) is 16.0 Å². The SMILES string of the molecule is Cc1nc(NC(=S)Nc2ccc(F)c(Cl)c2)sc1C(=O)Nc1ccccc1. The number of thiocarbonyl (C=S) groups is 1. The number of nitrogens with zero attached hydrogens (tertiary/aromatic N) is 1. The van der Waals surface area contributed by atoms with Gasteiger partial charge in [0.1, 0.15) is 10.7 Å². The van der Waals surface area contributed by atoms with E-state index in [1.165, 1.54) is 29.5 Å². The van der Waals surface area contributed by atoms with Crippen LogP contribution < -0.4 is 16.0 Å². The van der Waals surface area contributed by atoms with Crippen molar-refractivity contribution in [3.63, 3.8) is 0 Å². The van der Waals surface area contributed by atoms with E-state index in [1.807, 2.05) is 18.2 Å². The number of para-hydroxylation sites is 1. The second-order valence-electron chi connectivity index (χ2n) is 5.46. The van der Waals surface area contributed by atoms with Crippen molar-refractivity contribution in [2.45, 2.75) is 6.92 Å². The fourth-order valence-corrected chi connectivity index (χ4v) is 3.53. The fourth-order valence-electron chi connectivity index (χ4n) is 2.20. The molecule has 0 saturated heterocycles. The summed E-state index contributed by atoms with van der Waals surface area (Å²) in [4.78, 5) is 17.2. The molecule has 1 amide bonds. The summed E-state index contributed by atoms with van der Waals surface area (Å²) in [5.74, 6) is -0.751. The maximum atomic E-state index is 13.2. The number of thiazole rings is 1. The van der Waals surface area contributed by atoms with Crippen LogP contribution in [0.1, 0.15) is 15.4 Å². The monoisotopic (exact) mass is 420 g/mol. The van der Waals surface area contributed by atoms with Crippen LogP contribution in [0.5, 0.6) is 0 Å². The Bertz CT molecular complexity index is 994. The lowest BCUT2D eigenvalue weighted by molar-refractivity contribution is 0.103. The molecule has 3 rings (SSSR count). The van der Waals surface area contributed by atoms with Gasteiger partial charge in [0.15, 0.2) is 10.2 Å². The van der Waals surface area contributed by atoms with Gasteiger partial charge in [-0.15, -0.1) is 0 Å². The zero-order valence-electron chi connectivity index (χ0n) is 14.0. The van der Waals surface area contributed by atoms with Gasteiger partial charge in [-0.2, -0.15) is 0 Å². The number of nitrogens with one attached hydrogen (secondary N) is 3. The number of hydrogen-bond donors (Lipinski definition) is 3. The van der Waals surface area contributed by atoms with Crippen molar-refractivity contribution in [3.05, 3.63) is 69.9 Å². The van der Waals surface area contributed by atoms with Crippen molar-refractivity contribution in [2.24, 2.45) is 0 Å². The van der Waals surface area contributed by atoms with Crippen molar-refractivity contribution >= 4 is 62.7 Å². The third kappa shape index (κ3) is 5.00. The van der Waals surface area contributed by atoms with Crippen LogP contribution in [0.2, 0.25) is 5.02 Å². The Morgan fingerprint density at radius 1 is 1.11 bits per heavy atom. The van der Waals surface area contributed by atoms with E-state index in [0.717, 1.165) is 0 Å². The third-order valence-electron chi connectivity index (χ3n) is 3.43. The van der Waals surface area contributed by atoms with Gasteiger partial charge in [-0.3, -0.25) is 4.79 Å². The summed E-state index contributed by atoms with van der Waals surface area (Å²) in [7, 11) is 0.